The van der Waals surface area contributed by atoms with Gasteiger partial charge in [0.25, 0.3) is 0 Å². The third-order valence-corrected chi connectivity index (χ3v) is 2.17. The fourth-order valence-electron chi connectivity index (χ4n) is 1.55. The van der Waals surface area contributed by atoms with Crippen LogP contribution in [-0.4, -0.2) is 12.5 Å². The lowest BCUT2D eigenvalue weighted by molar-refractivity contribution is -0.117. The first-order valence-corrected chi connectivity index (χ1v) is 4.47. The Balaban J connectivity index is 2.35. The SMILES string of the molecule is NC(=O)CC1=CCOc2ccccc21. The van der Waals surface area contributed by atoms with Gasteiger partial charge in [-0.3, -0.25) is 4.79 Å². The molecule has 0 saturated carbocycles. The van der Waals surface area contributed by atoms with Gasteiger partial charge in [-0.15, -0.1) is 0 Å². The number of hydrogen-bond donors (Lipinski definition) is 1. The second kappa shape index (κ2) is 3.54. The third kappa shape index (κ3) is 1.62. The zero-order chi connectivity index (χ0) is 9.97. The number of carbonyl (C=O) groups excluding carboxylic acids is 1. The quantitative estimate of drug-likeness (QED) is 0.763. The van der Waals surface area contributed by atoms with Crippen LogP contribution in [-0.2, 0) is 4.79 Å². The number of amides is 1. The van der Waals surface area contributed by atoms with Crippen molar-refractivity contribution in [2.24, 2.45) is 5.73 Å². The third-order valence-electron chi connectivity index (χ3n) is 2.17. The van der Waals surface area contributed by atoms with E-state index in [2.05, 4.69) is 0 Å². The van der Waals surface area contributed by atoms with E-state index in [1.807, 2.05) is 30.3 Å². The molecule has 72 valence electrons. The van der Waals surface area contributed by atoms with Gasteiger partial charge >= 0.3 is 0 Å². The van der Waals surface area contributed by atoms with Gasteiger partial charge in [0.2, 0.25) is 5.91 Å². The molecular formula is C11H11NO2. The minimum absolute atomic E-state index is 0.278. The Morgan fingerprint density at radius 2 is 2.21 bits per heavy atom. The second-order valence-corrected chi connectivity index (χ2v) is 3.18. The Morgan fingerprint density at radius 3 is 3.00 bits per heavy atom. The van der Waals surface area contributed by atoms with Gasteiger partial charge in [-0.25, -0.2) is 0 Å². The first kappa shape index (κ1) is 8.81. The summed E-state index contributed by atoms with van der Waals surface area (Å²) < 4.78 is 5.41. The van der Waals surface area contributed by atoms with Crippen LogP contribution in [0, 0.1) is 0 Å². The van der Waals surface area contributed by atoms with E-state index in [1.165, 1.54) is 0 Å². The van der Waals surface area contributed by atoms with E-state index in [0.29, 0.717) is 6.61 Å². The summed E-state index contributed by atoms with van der Waals surface area (Å²) in [6.07, 6.45) is 2.17. The van der Waals surface area contributed by atoms with Crippen molar-refractivity contribution in [1.82, 2.24) is 0 Å². The largest absolute Gasteiger partial charge is 0.489 e. The fourth-order valence-corrected chi connectivity index (χ4v) is 1.55. The van der Waals surface area contributed by atoms with Crippen molar-refractivity contribution in [3.05, 3.63) is 35.9 Å². The van der Waals surface area contributed by atoms with E-state index in [1.54, 1.807) is 0 Å². The van der Waals surface area contributed by atoms with Crippen molar-refractivity contribution in [1.29, 1.82) is 0 Å². The van der Waals surface area contributed by atoms with Crippen molar-refractivity contribution in [3.63, 3.8) is 0 Å². The van der Waals surface area contributed by atoms with E-state index in [0.717, 1.165) is 16.9 Å². The standard InChI is InChI=1S/C11H11NO2/c12-11(13)7-8-5-6-14-10-4-2-1-3-9(8)10/h1-5H,6-7H2,(H2,12,13). The highest BCUT2D eigenvalue weighted by Crippen LogP contribution is 2.30. The van der Waals surface area contributed by atoms with Crippen molar-refractivity contribution >= 4 is 11.5 Å². The maximum absolute atomic E-state index is 10.8. The second-order valence-electron chi connectivity index (χ2n) is 3.18. The number of fused-ring (bicyclic) bond motifs is 1. The molecule has 3 heteroatoms. The van der Waals surface area contributed by atoms with Crippen molar-refractivity contribution in [2.75, 3.05) is 6.61 Å². The predicted octanol–water partition coefficient (Wildman–Crippen LogP) is 1.34. The lowest BCUT2D eigenvalue weighted by Crippen LogP contribution is -2.13. The molecule has 1 aliphatic rings. The molecule has 1 aromatic carbocycles. The van der Waals surface area contributed by atoms with Crippen molar-refractivity contribution in [3.8, 4) is 5.75 Å². The van der Waals surface area contributed by atoms with Crippen LogP contribution in [0.1, 0.15) is 12.0 Å². The first-order valence-electron chi connectivity index (χ1n) is 4.47. The summed E-state index contributed by atoms with van der Waals surface area (Å²) in [5.41, 5.74) is 7.09. The average molecular weight is 189 g/mol. The molecule has 0 bridgehead atoms. The van der Waals surface area contributed by atoms with Crippen LogP contribution in [0.4, 0.5) is 0 Å². The van der Waals surface area contributed by atoms with Gasteiger partial charge in [0.15, 0.2) is 0 Å². The summed E-state index contributed by atoms with van der Waals surface area (Å²) in [5.74, 6) is 0.513. The molecule has 0 aromatic heterocycles. The average Bonchev–Trinajstić information content (AvgIpc) is 2.18. The van der Waals surface area contributed by atoms with Crippen LogP contribution in [0.25, 0.3) is 5.57 Å². The minimum Gasteiger partial charge on any atom is -0.489 e. The maximum atomic E-state index is 10.8. The zero-order valence-corrected chi connectivity index (χ0v) is 7.69. The van der Waals surface area contributed by atoms with Gasteiger partial charge in [-0.05, 0) is 17.7 Å². The van der Waals surface area contributed by atoms with Crippen molar-refractivity contribution in [2.45, 2.75) is 6.42 Å². The molecule has 0 atom stereocenters. The monoisotopic (exact) mass is 189 g/mol. The molecular weight excluding hydrogens is 178 g/mol. The van der Waals surface area contributed by atoms with Gasteiger partial charge in [0, 0.05) is 5.56 Å². The van der Waals surface area contributed by atoms with E-state index in [-0.39, 0.29) is 12.3 Å². The fraction of sp³-hybridized carbons (Fsp3) is 0.182. The summed E-state index contributed by atoms with van der Waals surface area (Å²) >= 11 is 0. The lowest BCUT2D eigenvalue weighted by Gasteiger charge is -2.17. The van der Waals surface area contributed by atoms with Crippen LogP contribution in [0.5, 0.6) is 5.75 Å². The summed E-state index contributed by atoms with van der Waals surface area (Å²) in [6, 6.07) is 7.65. The summed E-state index contributed by atoms with van der Waals surface area (Å²) in [4.78, 5) is 10.8. The van der Waals surface area contributed by atoms with Gasteiger partial charge in [0.1, 0.15) is 12.4 Å². The molecule has 0 aliphatic carbocycles. The molecule has 14 heavy (non-hydrogen) atoms. The Hall–Kier alpha value is -1.77. The Kier molecular flexibility index (Phi) is 2.23. The molecule has 0 saturated heterocycles. The van der Waals surface area contributed by atoms with Crippen LogP contribution >= 0.6 is 0 Å². The summed E-state index contributed by atoms with van der Waals surface area (Å²) in [6.45, 7) is 0.514. The van der Waals surface area contributed by atoms with E-state index in [9.17, 15) is 4.79 Å². The van der Waals surface area contributed by atoms with Crippen LogP contribution in [0.15, 0.2) is 30.3 Å². The minimum atomic E-state index is -0.312. The first-order chi connectivity index (χ1) is 6.77. The number of benzene rings is 1. The highest BCUT2D eigenvalue weighted by molar-refractivity contribution is 5.89. The van der Waals surface area contributed by atoms with Gasteiger partial charge in [-0.1, -0.05) is 18.2 Å². The van der Waals surface area contributed by atoms with E-state index in [4.69, 9.17) is 10.5 Å². The van der Waals surface area contributed by atoms with Gasteiger partial charge in [-0.2, -0.15) is 0 Å². The number of primary amides is 1. The highest BCUT2D eigenvalue weighted by atomic mass is 16.5. The van der Waals surface area contributed by atoms with Gasteiger partial charge < -0.3 is 10.5 Å². The number of ether oxygens (including phenoxy) is 1. The summed E-state index contributed by atoms with van der Waals surface area (Å²) in [7, 11) is 0. The van der Waals surface area contributed by atoms with Crippen LogP contribution in [0.3, 0.4) is 0 Å². The number of nitrogens with two attached hydrogens (primary N) is 1. The number of carbonyl (C=O) groups is 1. The Morgan fingerprint density at radius 1 is 1.43 bits per heavy atom. The topological polar surface area (TPSA) is 52.3 Å². The van der Waals surface area contributed by atoms with Gasteiger partial charge in [0.05, 0.1) is 6.42 Å². The molecule has 2 rings (SSSR count). The van der Waals surface area contributed by atoms with E-state index < -0.39 is 0 Å². The van der Waals surface area contributed by atoms with Crippen LogP contribution < -0.4 is 10.5 Å². The smallest absolute Gasteiger partial charge is 0.221 e. The molecule has 1 heterocycles. The zero-order valence-electron chi connectivity index (χ0n) is 7.69. The predicted molar refractivity (Wildman–Crippen MR) is 53.7 cm³/mol. The number of hydrogen-bond acceptors (Lipinski definition) is 2. The van der Waals surface area contributed by atoms with E-state index >= 15 is 0 Å². The number of rotatable bonds is 2. The van der Waals surface area contributed by atoms with Crippen molar-refractivity contribution < 1.29 is 9.53 Å². The molecule has 3 nitrogen and oxygen atoms in total. The Labute approximate surface area is 82.2 Å². The lowest BCUT2D eigenvalue weighted by atomic mass is 10.00. The summed E-state index contributed by atoms with van der Waals surface area (Å²) in [5, 5.41) is 0. The molecule has 1 aliphatic heterocycles. The highest BCUT2D eigenvalue weighted by Gasteiger charge is 2.13. The molecule has 0 fully saturated rings. The molecule has 0 spiro atoms. The Bertz CT molecular complexity index is 396. The molecule has 2 N–H and O–H groups in total. The molecule has 1 aromatic rings. The number of para-hydroxylation sites is 1. The molecule has 0 radical (unpaired) electrons. The molecule has 0 unspecified atom stereocenters. The maximum Gasteiger partial charge on any atom is 0.221 e. The normalized spacial score (nSPS) is 13.9. The molecule has 1 amide bonds. The van der Waals surface area contributed by atoms with Crippen LogP contribution in [0.2, 0.25) is 0 Å².